The minimum absolute atomic E-state index is 0.0573. The lowest BCUT2D eigenvalue weighted by atomic mass is 9.84. The molecule has 1 amide bonds. The van der Waals surface area contributed by atoms with Crippen molar-refractivity contribution >= 4 is 14.2 Å². The maximum atomic E-state index is 12.5. The van der Waals surface area contributed by atoms with Gasteiger partial charge in [0.1, 0.15) is 0 Å². The molecule has 0 spiro atoms. The van der Waals surface area contributed by atoms with E-state index in [1.807, 2.05) is 0 Å². The SMILES string of the molecule is CON(C)C(=O)C1CCN([C@H]2Cc3ccccc3C[C@@H]2O[Si](C)(C)C(C)(C)C)CC1. The molecule has 3 rings (SSSR count). The number of amides is 1. The van der Waals surface area contributed by atoms with Gasteiger partial charge in [0, 0.05) is 19.0 Å². The smallest absolute Gasteiger partial charge is 0.249 e. The van der Waals surface area contributed by atoms with Gasteiger partial charge >= 0.3 is 0 Å². The molecule has 2 atom stereocenters. The normalized spacial score (nSPS) is 23.8. The Labute approximate surface area is 183 Å². The molecule has 2 aliphatic rings. The van der Waals surface area contributed by atoms with E-state index < -0.39 is 8.32 Å². The van der Waals surface area contributed by atoms with Crippen molar-refractivity contribution in [3.05, 3.63) is 35.4 Å². The van der Waals surface area contributed by atoms with Crippen molar-refractivity contribution < 1.29 is 14.1 Å². The fourth-order valence-electron chi connectivity index (χ4n) is 4.53. The summed E-state index contributed by atoms with van der Waals surface area (Å²) >= 11 is 0. The average molecular weight is 433 g/mol. The molecule has 0 aromatic heterocycles. The number of carbonyl (C=O) groups is 1. The van der Waals surface area contributed by atoms with Crippen LogP contribution < -0.4 is 0 Å². The van der Waals surface area contributed by atoms with Gasteiger partial charge in [-0.15, -0.1) is 0 Å². The molecular weight excluding hydrogens is 392 g/mol. The minimum atomic E-state index is -1.87. The Kier molecular flexibility index (Phi) is 7.12. The lowest BCUT2D eigenvalue weighted by Gasteiger charge is -2.47. The van der Waals surface area contributed by atoms with E-state index in [4.69, 9.17) is 9.26 Å². The molecule has 1 saturated heterocycles. The monoisotopic (exact) mass is 432 g/mol. The van der Waals surface area contributed by atoms with Gasteiger partial charge in [0.15, 0.2) is 8.32 Å². The van der Waals surface area contributed by atoms with Crippen molar-refractivity contribution in [2.24, 2.45) is 5.92 Å². The quantitative estimate of drug-likeness (QED) is 0.515. The molecule has 5 nitrogen and oxygen atoms in total. The molecule has 1 aliphatic heterocycles. The zero-order valence-electron chi connectivity index (χ0n) is 19.9. The Hall–Kier alpha value is -1.21. The van der Waals surface area contributed by atoms with E-state index in [9.17, 15) is 4.79 Å². The molecule has 0 radical (unpaired) electrons. The molecule has 168 valence electrons. The largest absolute Gasteiger partial charge is 0.412 e. The highest BCUT2D eigenvalue weighted by Crippen LogP contribution is 2.40. The van der Waals surface area contributed by atoms with Crippen LogP contribution in [0.1, 0.15) is 44.7 Å². The standard InChI is InChI=1S/C24H40N2O3Si/c1-24(2,3)30(6,7)29-22-17-20-11-9-8-10-19(20)16-21(22)26-14-12-18(13-15-26)23(27)25(4)28-5/h8-11,18,21-22H,12-17H2,1-7H3/t21-,22-/m0/s1. The molecule has 1 aromatic rings. The Morgan fingerprint density at radius 1 is 1.10 bits per heavy atom. The van der Waals surface area contributed by atoms with Crippen molar-refractivity contribution in [2.45, 2.75) is 76.7 Å². The molecule has 1 aromatic carbocycles. The number of carbonyl (C=O) groups excluding carboxylic acids is 1. The Balaban J connectivity index is 1.76. The summed E-state index contributed by atoms with van der Waals surface area (Å²) in [4.78, 5) is 20.2. The van der Waals surface area contributed by atoms with Crippen LogP contribution in [-0.2, 0) is 26.9 Å². The third-order valence-electron chi connectivity index (χ3n) is 7.58. The van der Waals surface area contributed by atoms with E-state index in [-0.39, 0.29) is 23.0 Å². The predicted molar refractivity (Wildman–Crippen MR) is 124 cm³/mol. The first-order chi connectivity index (χ1) is 14.0. The van der Waals surface area contributed by atoms with Crippen molar-refractivity contribution in [3.8, 4) is 0 Å². The molecular formula is C24H40N2O3Si. The van der Waals surface area contributed by atoms with E-state index in [0.717, 1.165) is 38.8 Å². The summed E-state index contributed by atoms with van der Waals surface area (Å²) in [5.41, 5.74) is 2.89. The van der Waals surface area contributed by atoms with Crippen LogP contribution in [0.4, 0.5) is 0 Å². The number of hydrogen-bond donors (Lipinski definition) is 0. The zero-order chi connectivity index (χ0) is 22.1. The number of rotatable bonds is 5. The Bertz CT molecular complexity index is 738. The number of benzene rings is 1. The highest BCUT2D eigenvalue weighted by molar-refractivity contribution is 6.74. The molecule has 0 N–H and O–H groups in total. The Morgan fingerprint density at radius 3 is 2.20 bits per heavy atom. The first-order valence-electron chi connectivity index (χ1n) is 11.3. The molecule has 0 saturated carbocycles. The summed E-state index contributed by atoms with van der Waals surface area (Å²) in [7, 11) is 1.38. The number of piperidine rings is 1. The molecule has 30 heavy (non-hydrogen) atoms. The third kappa shape index (κ3) is 4.98. The zero-order valence-corrected chi connectivity index (χ0v) is 20.9. The molecule has 0 bridgehead atoms. The van der Waals surface area contributed by atoms with E-state index in [0.29, 0.717) is 6.04 Å². The van der Waals surface area contributed by atoms with Gasteiger partial charge in [0.2, 0.25) is 5.91 Å². The number of hydroxylamine groups is 2. The van der Waals surface area contributed by atoms with E-state index in [2.05, 4.69) is 63.0 Å². The summed E-state index contributed by atoms with van der Waals surface area (Å²) in [5, 5.41) is 1.57. The van der Waals surface area contributed by atoms with Crippen LogP contribution in [0.15, 0.2) is 24.3 Å². The fraction of sp³-hybridized carbons (Fsp3) is 0.708. The molecule has 6 heteroatoms. The van der Waals surface area contributed by atoms with Gasteiger partial charge in [0.05, 0.1) is 13.2 Å². The van der Waals surface area contributed by atoms with Crippen LogP contribution in [0.3, 0.4) is 0 Å². The van der Waals surface area contributed by atoms with Crippen LogP contribution in [0, 0.1) is 5.92 Å². The maximum absolute atomic E-state index is 12.5. The second-order valence-corrected chi connectivity index (χ2v) is 15.2. The number of likely N-dealkylation sites (tertiary alicyclic amines) is 1. The van der Waals surface area contributed by atoms with Crippen LogP contribution in [0.5, 0.6) is 0 Å². The van der Waals surface area contributed by atoms with Crippen molar-refractivity contribution in [1.29, 1.82) is 0 Å². The first kappa shape index (κ1) is 23.5. The lowest BCUT2D eigenvalue weighted by molar-refractivity contribution is -0.175. The van der Waals surface area contributed by atoms with E-state index in [1.54, 1.807) is 14.2 Å². The number of hydrogen-bond acceptors (Lipinski definition) is 4. The second kappa shape index (κ2) is 9.11. The topological polar surface area (TPSA) is 42.0 Å². The first-order valence-corrected chi connectivity index (χ1v) is 14.2. The molecule has 1 fully saturated rings. The van der Waals surface area contributed by atoms with Gasteiger partial charge in [-0.2, -0.15) is 0 Å². The van der Waals surface area contributed by atoms with Crippen LogP contribution >= 0.6 is 0 Å². The van der Waals surface area contributed by atoms with Crippen molar-refractivity contribution in [2.75, 3.05) is 27.2 Å². The van der Waals surface area contributed by atoms with Crippen molar-refractivity contribution in [3.63, 3.8) is 0 Å². The van der Waals surface area contributed by atoms with Gasteiger partial charge in [-0.25, -0.2) is 5.06 Å². The van der Waals surface area contributed by atoms with E-state index >= 15 is 0 Å². The van der Waals surface area contributed by atoms with Gasteiger partial charge in [-0.05, 0) is 68.0 Å². The molecule has 1 heterocycles. The van der Waals surface area contributed by atoms with Crippen LogP contribution in [0.25, 0.3) is 0 Å². The van der Waals surface area contributed by atoms with Crippen LogP contribution in [0.2, 0.25) is 18.1 Å². The number of fused-ring (bicyclic) bond motifs is 1. The predicted octanol–water partition coefficient (Wildman–Crippen LogP) is 4.28. The van der Waals surface area contributed by atoms with Gasteiger partial charge in [-0.3, -0.25) is 14.5 Å². The van der Waals surface area contributed by atoms with Gasteiger partial charge in [-0.1, -0.05) is 45.0 Å². The summed E-state index contributed by atoms with van der Waals surface area (Å²) < 4.78 is 7.00. The highest BCUT2D eigenvalue weighted by atomic mass is 28.4. The molecule has 1 aliphatic carbocycles. The van der Waals surface area contributed by atoms with Gasteiger partial charge in [0.25, 0.3) is 0 Å². The second-order valence-electron chi connectivity index (χ2n) is 10.5. The molecule has 0 unspecified atom stereocenters. The summed E-state index contributed by atoms with van der Waals surface area (Å²) in [6, 6.07) is 9.21. The van der Waals surface area contributed by atoms with E-state index in [1.165, 1.54) is 16.2 Å². The highest BCUT2D eigenvalue weighted by Gasteiger charge is 2.44. The fourth-order valence-corrected chi connectivity index (χ4v) is 5.88. The maximum Gasteiger partial charge on any atom is 0.249 e. The van der Waals surface area contributed by atoms with Crippen LogP contribution in [-0.4, -0.2) is 63.6 Å². The Morgan fingerprint density at radius 2 is 1.67 bits per heavy atom. The van der Waals surface area contributed by atoms with Gasteiger partial charge < -0.3 is 4.43 Å². The summed E-state index contributed by atoms with van der Waals surface area (Å²) in [5.74, 6) is 0.155. The minimum Gasteiger partial charge on any atom is -0.412 e. The third-order valence-corrected chi connectivity index (χ3v) is 12.1. The lowest BCUT2D eigenvalue weighted by Crippen LogP contribution is -2.56. The summed E-state index contributed by atoms with van der Waals surface area (Å²) in [6.45, 7) is 13.5. The summed E-state index contributed by atoms with van der Waals surface area (Å²) in [6.07, 6.45) is 4.01. The average Bonchev–Trinajstić information content (AvgIpc) is 2.71. The number of nitrogens with zero attached hydrogens (tertiary/aromatic N) is 2. The van der Waals surface area contributed by atoms with Crippen molar-refractivity contribution in [1.82, 2.24) is 9.96 Å².